The van der Waals surface area contributed by atoms with E-state index in [1.807, 2.05) is 0 Å². The highest BCUT2D eigenvalue weighted by atomic mass is 33.3. The fourth-order valence-electron chi connectivity index (χ4n) is 1.26. The molecule has 0 radical (unpaired) electrons. The molecule has 1 unspecified atom stereocenters. The van der Waals surface area contributed by atoms with Gasteiger partial charge in [0.15, 0.2) is 4.90 Å². The second-order valence-corrected chi connectivity index (χ2v) is 13.0. The molecule has 0 aliphatic rings. The Balaban J connectivity index is 3.05. The van der Waals surface area contributed by atoms with E-state index in [4.69, 9.17) is 9.99 Å². The van der Waals surface area contributed by atoms with Gasteiger partial charge >= 0.3 is 5.97 Å². The maximum absolute atomic E-state index is 14.2. The molecule has 1 rings (SSSR count). The first kappa shape index (κ1) is 18.8. The lowest BCUT2D eigenvalue weighted by Gasteiger charge is -2.47. The van der Waals surface area contributed by atoms with E-state index in [1.54, 1.807) is 0 Å². The smallest absolute Gasteiger partial charge is 0.338 e. The van der Waals surface area contributed by atoms with Gasteiger partial charge in [-0.15, -0.1) is 0 Å². The van der Waals surface area contributed by atoms with Gasteiger partial charge in [-0.25, -0.2) is 10.1 Å². The quantitative estimate of drug-likeness (QED) is 0.157. The van der Waals surface area contributed by atoms with Gasteiger partial charge in [0.2, 0.25) is 0 Å². The summed E-state index contributed by atoms with van der Waals surface area (Å²) in [6.45, 7) is 4.85. The monoisotopic (exact) mass is 361 g/mol. The van der Waals surface area contributed by atoms with E-state index in [0.717, 1.165) is 18.4 Å². The molecular weight excluding hydrogens is 345 g/mol. The van der Waals surface area contributed by atoms with Crippen molar-refractivity contribution in [1.82, 2.24) is 0 Å². The molecule has 0 aromatic heterocycles. The van der Waals surface area contributed by atoms with Gasteiger partial charge in [0, 0.05) is 5.57 Å². The maximum atomic E-state index is 14.2. The normalized spacial score (nSPS) is 16.3. The Kier molecular flexibility index (Phi) is 4.68. The molecule has 5 nitrogen and oxygen atoms in total. The highest BCUT2D eigenvalue weighted by Gasteiger charge is 2.74. The summed E-state index contributed by atoms with van der Waals surface area (Å²) in [6.07, 6.45) is 0.879. The van der Waals surface area contributed by atoms with Crippen LogP contribution < -0.4 is 4.74 Å². The number of carbonyl (C=O) groups excluding carboxylic acids is 1. The first-order valence-corrected chi connectivity index (χ1v) is 10.3. The number of ether oxygens (including phenoxy) is 1. The molecule has 1 atom stereocenters. The van der Waals surface area contributed by atoms with Crippen molar-refractivity contribution >= 4 is 24.7 Å². The first-order chi connectivity index (χ1) is 9.79. The van der Waals surface area contributed by atoms with Gasteiger partial charge in [0.05, 0.1) is 6.26 Å². The second-order valence-electron chi connectivity index (χ2n) is 4.66. The molecule has 0 saturated heterocycles. The summed E-state index contributed by atoms with van der Waals surface area (Å²) in [6, 6.07) is 4.78. The predicted molar refractivity (Wildman–Crippen MR) is 80.1 cm³/mol. The van der Waals surface area contributed by atoms with Crippen molar-refractivity contribution in [2.75, 3.05) is 12.5 Å². The van der Waals surface area contributed by atoms with E-state index in [1.165, 1.54) is 19.1 Å². The van der Waals surface area contributed by atoms with E-state index in [9.17, 15) is 16.5 Å². The van der Waals surface area contributed by atoms with Crippen LogP contribution >= 0.6 is 8.77 Å². The van der Waals surface area contributed by atoms with Crippen LogP contribution in [0, 0.1) is 0 Å². The molecule has 0 aliphatic carbocycles. The van der Waals surface area contributed by atoms with Crippen LogP contribution in [0.3, 0.4) is 0 Å². The Morgan fingerprint density at radius 2 is 1.77 bits per heavy atom. The highest BCUT2D eigenvalue weighted by Crippen LogP contribution is 2.97. The fraction of sp³-hybridized carbons (Fsp3) is 0.250. The zero-order chi connectivity index (χ0) is 17.2. The third-order valence-electron chi connectivity index (χ3n) is 2.55. The van der Waals surface area contributed by atoms with Gasteiger partial charge in [-0.3, -0.25) is 0 Å². The molecular formula is C12H16F3O5S2+. The van der Waals surface area contributed by atoms with Crippen LogP contribution in [0.25, 0.3) is 0 Å². The lowest BCUT2D eigenvalue weighted by Crippen LogP contribution is -2.30. The minimum absolute atomic E-state index is 0.0334. The van der Waals surface area contributed by atoms with Gasteiger partial charge in [-0.05, 0) is 31.2 Å². The Morgan fingerprint density at radius 1 is 1.27 bits per heavy atom. The van der Waals surface area contributed by atoms with Crippen LogP contribution in [0.1, 0.15) is 6.92 Å². The van der Waals surface area contributed by atoms with E-state index in [0.29, 0.717) is 0 Å². The standard InChI is InChI=1S/C12H15F3O5S2/c1-9(2)12(16)18-10-5-7-11(8-6-10)21(3)22(4,13,14,15)20-19-17/h5-8H,1H2,2-4H3/p+1. The SMILES string of the molecule is C=C(C)C(=O)Oc1ccc([S+](C)S(C)(F)(F)(F)OOO)cc1. The molecule has 0 amide bonds. The number of carbonyl (C=O) groups is 1. The number of hydrogen-bond acceptors (Lipinski definition) is 5. The van der Waals surface area contributed by atoms with Crippen LogP contribution in [0.2, 0.25) is 0 Å². The van der Waals surface area contributed by atoms with Gasteiger partial charge in [-0.1, -0.05) is 27.6 Å². The molecule has 1 aromatic rings. The summed E-state index contributed by atoms with van der Waals surface area (Å²) < 4.78 is 50.7. The first-order valence-electron chi connectivity index (χ1n) is 5.70. The lowest BCUT2D eigenvalue weighted by atomic mass is 10.3. The second kappa shape index (κ2) is 5.46. The summed E-state index contributed by atoms with van der Waals surface area (Å²) in [5.41, 5.74) is 0.167. The molecule has 0 saturated carbocycles. The van der Waals surface area contributed by atoms with Crippen LogP contribution in [-0.4, -0.2) is 23.7 Å². The molecule has 0 spiro atoms. The van der Waals surface area contributed by atoms with Crippen molar-refractivity contribution < 1.29 is 35.8 Å². The molecule has 126 valence electrons. The van der Waals surface area contributed by atoms with Crippen molar-refractivity contribution in [1.29, 1.82) is 0 Å². The van der Waals surface area contributed by atoms with Gasteiger partial charge < -0.3 is 4.74 Å². The molecule has 0 aliphatic heterocycles. The topological polar surface area (TPSA) is 65.0 Å². The summed E-state index contributed by atoms with van der Waals surface area (Å²) in [5, 5.41) is 11.0. The molecule has 1 N–H and O–H groups in total. The average molecular weight is 361 g/mol. The van der Waals surface area contributed by atoms with Gasteiger partial charge in [0.25, 0.3) is 8.77 Å². The largest absolute Gasteiger partial charge is 0.423 e. The van der Waals surface area contributed by atoms with Crippen molar-refractivity contribution in [2.45, 2.75) is 11.8 Å². The number of hydrogen-bond donors (Lipinski definition) is 1. The van der Waals surface area contributed by atoms with Crippen LogP contribution in [-0.2, 0) is 24.1 Å². The Hall–Kier alpha value is -1.20. The molecule has 0 fully saturated rings. The average Bonchev–Trinajstić information content (AvgIpc) is 2.37. The zero-order valence-corrected chi connectivity index (χ0v) is 13.7. The molecule has 1 aromatic carbocycles. The maximum Gasteiger partial charge on any atom is 0.338 e. The number of esters is 1. The number of halogens is 3. The predicted octanol–water partition coefficient (Wildman–Crippen LogP) is 4.19. The minimum atomic E-state index is -7.60. The Labute approximate surface area is 127 Å². The molecule has 0 bridgehead atoms. The lowest BCUT2D eigenvalue weighted by molar-refractivity contribution is -0.443. The summed E-state index contributed by atoms with van der Waals surface area (Å²) in [4.78, 5) is 11.2. The van der Waals surface area contributed by atoms with Crippen LogP contribution in [0.15, 0.2) is 41.3 Å². The van der Waals surface area contributed by atoms with E-state index >= 15 is 0 Å². The fourth-order valence-corrected chi connectivity index (χ4v) is 4.63. The van der Waals surface area contributed by atoms with E-state index in [-0.39, 0.29) is 22.5 Å². The minimum Gasteiger partial charge on any atom is -0.423 e. The van der Waals surface area contributed by atoms with Crippen molar-refractivity contribution in [3.63, 3.8) is 0 Å². The van der Waals surface area contributed by atoms with Crippen LogP contribution in [0.4, 0.5) is 11.7 Å². The third-order valence-corrected chi connectivity index (χ3v) is 9.72. The molecule has 10 heteroatoms. The van der Waals surface area contributed by atoms with Gasteiger partial charge in [0.1, 0.15) is 21.9 Å². The van der Waals surface area contributed by atoms with Gasteiger partial charge in [-0.2, -0.15) is 0 Å². The summed E-state index contributed by atoms with van der Waals surface area (Å²) in [5.74, 6) is -0.582. The summed E-state index contributed by atoms with van der Waals surface area (Å²) >= 11 is 0. The van der Waals surface area contributed by atoms with Crippen LogP contribution in [0.5, 0.6) is 5.75 Å². The Morgan fingerprint density at radius 3 is 2.18 bits per heavy atom. The molecule has 22 heavy (non-hydrogen) atoms. The summed E-state index contributed by atoms with van der Waals surface area (Å²) in [7, 11) is -9.95. The number of rotatable bonds is 6. The molecule has 0 heterocycles. The van der Waals surface area contributed by atoms with Crippen molar-refractivity contribution in [3.8, 4) is 5.75 Å². The Bertz CT molecular complexity index is 596. The highest BCUT2D eigenvalue weighted by molar-refractivity contribution is 9.01. The van der Waals surface area contributed by atoms with Crippen molar-refractivity contribution in [3.05, 3.63) is 36.4 Å². The van der Waals surface area contributed by atoms with E-state index < -0.39 is 24.7 Å². The van der Waals surface area contributed by atoms with E-state index in [2.05, 4.69) is 16.0 Å². The zero-order valence-electron chi connectivity index (χ0n) is 12.0. The van der Waals surface area contributed by atoms with Crippen molar-refractivity contribution in [2.24, 2.45) is 0 Å². The third kappa shape index (κ3) is 4.40. The number of benzene rings is 1.